The second-order valence-electron chi connectivity index (χ2n) is 5.20. The Labute approximate surface area is 120 Å². The molecule has 0 aliphatic rings. The normalized spacial score (nSPS) is 12.4. The summed E-state index contributed by atoms with van der Waals surface area (Å²) >= 11 is 0. The third-order valence-electron chi connectivity index (χ3n) is 3.43. The third kappa shape index (κ3) is 3.39. The molecule has 0 aliphatic carbocycles. The first kappa shape index (κ1) is 14.6. The number of ether oxygens (including phenoxy) is 1. The van der Waals surface area contributed by atoms with E-state index in [1.807, 2.05) is 6.92 Å². The number of hydrogen-bond acceptors (Lipinski definition) is 3. The van der Waals surface area contributed by atoms with Crippen molar-refractivity contribution < 1.29 is 4.74 Å². The van der Waals surface area contributed by atoms with E-state index in [2.05, 4.69) is 59.2 Å². The zero-order valence-electron chi connectivity index (χ0n) is 12.7. The Morgan fingerprint density at radius 3 is 2.75 bits per heavy atom. The van der Waals surface area contributed by atoms with Crippen molar-refractivity contribution in [3.8, 4) is 0 Å². The van der Waals surface area contributed by atoms with Crippen LogP contribution in [-0.2, 0) is 11.3 Å². The van der Waals surface area contributed by atoms with E-state index in [-0.39, 0.29) is 6.04 Å². The zero-order valence-corrected chi connectivity index (χ0v) is 12.7. The molecule has 0 fully saturated rings. The van der Waals surface area contributed by atoms with Gasteiger partial charge in [-0.15, -0.1) is 0 Å². The number of imidazole rings is 1. The molecule has 20 heavy (non-hydrogen) atoms. The molecule has 1 heterocycles. The van der Waals surface area contributed by atoms with Crippen molar-refractivity contribution in [2.24, 2.45) is 0 Å². The van der Waals surface area contributed by atoms with Gasteiger partial charge in [0.1, 0.15) is 0 Å². The number of nitrogens with zero attached hydrogens (tertiary/aromatic N) is 2. The number of anilines is 1. The van der Waals surface area contributed by atoms with Gasteiger partial charge in [-0.3, -0.25) is 0 Å². The summed E-state index contributed by atoms with van der Waals surface area (Å²) in [6.07, 6.45) is 2.06. The van der Waals surface area contributed by atoms with Crippen molar-refractivity contribution in [2.45, 2.75) is 33.4 Å². The lowest BCUT2D eigenvalue weighted by Crippen LogP contribution is -2.14. The van der Waals surface area contributed by atoms with E-state index in [0.717, 1.165) is 18.2 Å². The standard InChI is InChI=1S/C16H23N3O/c1-12-7-5-6-8-15(12)9-17-16-18-13(2)10-19(16)14(3)11-20-4/h5-8,10,14H,9,11H2,1-4H3,(H,17,18). The highest BCUT2D eigenvalue weighted by Gasteiger charge is 2.11. The third-order valence-corrected chi connectivity index (χ3v) is 3.43. The Balaban J connectivity index is 2.11. The van der Waals surface area contributed by atoms with E-state index >= 15 is 0 Å². The van der Waals surface area contributed by atoms with Crippen LogP contribution in [-0.4, -0.2) is 23.3 Å². The van der Waals surface area contributed by atoms with Gasteiger partial charge in [0.15, 0.2) is 0 Å². The van der Waals surface area contributed by atoms with Crippen LogP contribution in [0.3, 0.4) is 0 Å². The van der Waals surface area contributed by atoms with Gasteiger partial charge in [-0.05, 0) is 31.9 Å². The molecule has 0 saturated heterocycles. The molecule has 1 N–H and O–H groups in total. The average Bonchev–Trinajstić information content (AvgIpc) is 2.79. The van der Waals surface area contributed by atoms with E-state index < -0.39 is 0 Å². The van der Waals surface area contributed by atoms with Crippen LogP contribution >= 0.6 is 0 Å². The molecule has 1 unspecified atom stereocenters. The molecule has 108 valence electrons. The van der Waals surface area contributed by atoms with Gasteiger partial charge in [0, 0.05) is 19.9 Å². The lowest BCUT2D eigenvalue weighted by atomic mass is 10.1. The SMILES string of the molecule is COCC(C)n1cc(C)nc1NCc1ccccc1C. The Morgan fingerprint density at radius 1 is 1.30 bits per heavy atom. The molecule has 4 nitrogen and oxygen atoms in total. The van der Waals surface area contributed by atoms with Crippen molar-refractivity contribution in [1.82, 2.24) is 9.55 Å². The molecular weight excluding hydrogens is 250 g/mol. The molecule has 0 bridgehead atoms. The number of nitrogens with one attached hydrogen (secondary N) is 1. The number of aryl methyl sites for hydroxylation is 2. The fraction of sp³-hybridized carbons (Fsp3) is 0.438. The highest BCUT2D eigenvalue weighted by atomic mass is 16.5. The van der Waals surface area contributed by atoms with Gasteiger partial charge in [-0.2, -0.15) is 0 Å². The molecule has 0 radical (unpaired) electrons. The minimum absolute atomic E-state index is 0.264. The largest absolute Gasteiger partial charge is 0.383 e. The van der Waals surface area contributed by atoms with Gasteiger partial charge in [-0.1, -0.05) is 24.3 Å². The summed E-state index contributed by atoms with van der Waals surface area (Å²) in [4.78, 5) is 4.55. The summed E-state index contributed by atoms with van der Waals surface area (Å²) in [5, 5.41) is 3.43. The highest BCUT2D eigenvalue weighted by molar-refractivity contribution is 5.34. The summed E-state index contributed by atoms with van der Waals surface area (Å²) in [7, 11) is 1.72. The smallest absolute Gasteiger partial charge is 0.203 e. The number of rotatable bonds is 6. The summed E-state index contributed by atoms with van der Waals surface area (Å²) in [5.41, 5.74) is 3.60. The molecule has 0 spiro atoms. The lowest BCUT2D eigenvalue weighted by molar-refractivity contribution is 0.163. The van der Waals surface area contributed by atoms with Gasteiger partial charge < -0.3 is 14.6 Å². The highest BCUT2D eigenvalue weighted by Crippen LogP contribution is 2.17. The monoisotopic (exact) mass is 273 g/mol. The predicted octanol–water partition coefficient (Wildman–Crippen LogP) is 3.32. The quantitative estimate of drug-likeness (QED) is 0.877. The molecule has 1 aromatic heterocycles. The van der Waals surface area contributed by atoms with Crippen molar-refractivity contribution >= 4 is 5.95 Å². The number of benzene rings is 1. The van der Waals surface area contributed by atoms with E-state index in [1.54, 1.807) is 7.11 Å². The van der Waals surface area contributed by atoms with Crippen LogP contribution < -0.4 is 5.32 Å². The van der Waals surface area contributed by atoms with Crippen LogP contribution in [0.5, 0.6) is 0 Å². The topological polar surface area (TPSA) is 39.1 Å². The van der Waals surface area contributed by atoms with Crippen molar-refractivity contribution in [3.63, 3.8) is 0 Å². The second-order valence-corrected chi connectivity index (χ2v) is 5.20. The van der Waals surface area contributed by atoms with E-state index in [9.17, 15) is 0 Å². The van der Waals surface area contributed by atoms with Crippen molar-refractivity contribution in [3.05, 3.63) is 47.3 Å². The summed E-state index contributed by atoms with van der Waals surface area (Å²) < 4.78 is 7.36. The Morgan fingerprint density at radius 2 is 2.05 bits per heavy atom. The molecule has 0 aliphatic heterocycles. The van der Waals surface area contributed by atoms with E-state index in [1.165, 1.54) is 11.1 Å². The van der Waals surface area contributed by atoms with Crippen molar-refractivity contribution in [2.75, 3.05) is 19.0 Å². The average molecular weight is 273 g/mol. The Bertz CT molecular complexity index is 563. The molecule has 1 atom stereocenters. The zero-order chi connectivity index (χ0) is 14.5. The van der Waals surface area contributed by atoms with E-state index in [0.29, 0.717) is 6.61 Å². The van der Waals surface area contributed by atoms with Crippen molar-refractivity contribution in [1.29, 1.82) is 0 Å². The van der Waals surface area contributed by atoms with Crippen LogP contribution in [0.2, 0.25) is 0 Å². The number of methoxy groups -OCH3 is 1. The van der Waals surface area contributed by atoms with Gasteiger partial charge in [0.25, 0.3) is 0 Å². The molecule has 1 aromatic carbocycles. The molecule has 0 amide bonds. The molecule has 2 aromatic rings. The van der Waals surface area contributed by atoms with E-state index in [4.69, 9.17) is 4.74 Å². The first-order valence-electron chi connectivity index (χ1n) is 6.94. The summed E-state index contributed by atoms with van der Waals surface area (Å²) in [5.74, 6) is 0.898. The Kier molecular flexibility index (Phi) is 4.79. The fourth-order valence-corrected chi connectivity index (χ4v) is 2.29. The molecule has 2 rings (SSSR count). The Hall–Kier alpha value is -1.81. The van der Waals surface area contributed by atoms with Crippen LogP contribution in [0.4, 0.5) is 5.95 Å². The first-order chi connectivity index (χ1) is 9.61. The summed E-state index contributed by atoms with van der Waals surface area (Å²) in [6.45, 7) is 7.72. The minimum Gasteiger partial charge on any atom is -0.383 e. The fourth-order valence-electron chi connectivity index (χ4n) is 2.29. The van der Waals surface area contributed by atoms with Gasteiger partial charge in [0.05, 0.1) is 18.3 Å². The molecule has 4 heteroatoms. The van der Waals surface area contributed by atoms with Gasteiger partial charge >= 0.3 is 0 Å². The van der Waals surface area contributed by atoms with Gasteiger partial charge in [0.2, 0.25) is 5.95 Å². The molecule has 0 saturated carbocycles. The maximum Gasteiger partial charge on any atom is 0.203 e. The van der Waals surface area contributed by atoms with Crippen LogP contribution in [0.25, 0.3) is 0 Å². The maximum absolute atomic E-state index is 5.23. The lowest BCUT2D eigenvalue weighted by Gasteiger charge is -2.16. The second kappa shape index (κ2) is 6.57. The van der Waals surface area contributed by atoms with Crippen LogP contribution in [0.1, 0.15) is 29.8 Å². The molecular formula is C16H23N3O. The maximum atomic E-state index is 5.23. The van der Waals surface area contributed by atoms with Crippen LogP contribution in [0, 0.1) is 13.8 Å². The van der Waals surface area contributed by atoms with Gasteiger partial charge in [-0.25, -0.2) is 4.98 Å². The number of aromatic nitrogens is 2. The first-order valence-corrected chi connectivity index (χ1v) is 6.94. The predicted molar refractivity (Wildman–Crippen MR) is 82.1 cm³/mol. The summed E-state index contributed by atoms with van der Waals surface area (Å²) in [6, 6.07) is 8.66. The van der Waals surface area contributed by atoms with Crippen LogP contribution in [0.15, 0.2) is 30.5 Å². The minimum atomic E-state index is 0.264. The number of hydrogen-bond donors (Lipinski definition) is 1.